The van der Waals surface area contributed by atoms with Crippen LogP contribution in [0.2, 0.25) is 0 Å². The van der Waals surface area contributed by atoms with Gasteiger partial charge in [-0.05, 0) is 37.0 Å². The average Bonchev–Trinajstić information content (AvgIpc) is 2.86. The van der Waals surface area contributed by atoms with Gasteiger partial charge in [-0.2, -0.15) is 13.2 Å². The highest BCUT2D eigenvalue weighted by Gasteiger charge is 2.42. The zero-order chi connectivity index (χ0) is 12.0. The quantitative estimate of drug-likeness (QED) is 0.887. The molecule has 1 aliphatic rings. The van der Waals surface area contributed by atoms with Crippen LogP contribution < -0.4 is 5.73 Å². The van der Waals surface area contributed by atoms with Crippen molar-refractivity contribution < 1.29 is 13.2 Å². The Morgan fingerprint density at radius 3 is 2.44 bits per heavy atom. The van der Waals surface area contributed by atoms with E-state index in [1.807, 2.05) is 0 Å². The second-order valence-corrected chi connectivity index (χ2v) is 5.16. The highest BCUT2D eigenvalue weighted by atomic mass is 79.9. The van der Waals surface area contributed by atoms with Gasteiger partial charge < -0.3 is 5.73 Å². The minimum atomic E-state index is -4.32. The van der Waals surface area contributed by atoms with E-state index in [1.165, 1.54) is 6.07 Å². The minimum absolute atomic E-state index is 0.273. The van der Waals surface area contributed by atoms with Crippen molar-refractivity contribution in [1.82, 2.24) is 0 Å². The zero-order valence-corrected chi connectivity index (χ0v) is 10.0. The SMILES string of the molecule is NC1(Cc2c(Br)cccc2C(F)(F)F)CC1. The summed E-state index contributed by atoms with van der Waals surface area (Å²) in [4.78, 5) is 0. The molecule has 0 aromatic heterocycles. The van der Waals surface area contributed by atoms with E-state index in [4.69, 9.17) is 5.73 Å². The summed E-state index contributed by atoms with van der Waals surface area (Å²) in [5.41, 5.74) is 5.13. The molecule has 0 unspecified atom stereocenters. The van der Waals surface area contributed by atoms with E-state index < -0.39 is 17.3 Å². The number of nitrogens with two attached hydrogens (primary N) is 1. The van der Waals surface area contributed by atoms with E-state index >= 15 is 0 Å². The molecule has 0 bridgehead atoms. The molecule has 1 fully saturated rings. The minimum Gasteiger partial charge on any atom is -0.325 e. The van der Waals surface area contributed by atoms with E-state index in [0.29, 0.717) is 4.47 Å². The highest BCUT2D eigenvalue weighted by Crippen LogP contribution is 2.41. The fraction of sp³-hybridized carbons (Fsp3) is 0.455. The molecule has 0 atom stereocenters. The van der Waals surface area contributed by atoms with Crippen LogP contribution in [-0.2, 0) is 12.6 Å². The summed E-state index contributed by atoms with van der Waals surface area (Å²) in [5.74, 6) is 0. The van der Waals surface area contributed by atoms with E-state index in [2.05, 4.69) is 15.9 Å². The second kappa shape index (κ2) is 3.74. The summed E-state index contributed by atoms with van der Waals surface area (Å²) >= 11 is 3.16. The largest absolute Gasteiger partial charge is 0.416 e. The average molecular weight is 294 g/mol. The van der Waals surface area contributed by atoms with E-state index in [-0.39, 0.29) is 12.0 Å². The summed E-state index contributed by atoms with van der Waals surface area (Å²) in [7, 11) is 0. The van der Waals surface area contributed by atoms with Gasteiger partial charge in [-0.3, -0.25) is 0 Å². The number of hydrogen-bond acceptors (Lipinski definition) is 1. The van der Waals surface area contributed by atoms with Gasteiger partial charge >= 0.3 is 6.18 Å². The van der Waals surface area contributed by atoms with Crippen molar-refractivity contribution in [2.24, 2.45) is 5.73 Å². The number of rotatable bonds is 2. The van der Waals surface area contributed by atoms with Gasteiger partial charge in [-0.15, -0.1) is 0 Å². The van der Waals surface area contributed by atoms with Crippen LogP contribution in [0.4, 0.5) is 13.2 Å². The lowest BCUT2D eigenvalue weighted by molar-refractivity contribution is -0.138. The predicted octanol–water partition coefficient (Wildman–Crippen LogP) is 3.50. The Balaban J connectivity index is 2.40. The maximum Gasteiger partial charge on any atom is 0.416 e. The first-order valence-electron chi connectivity index (χ1n) is 4.95. The highest BCUT2D eigenvalue weighted by molar-refractivity contribution is 9.10. The standard InChI is InChI=1S/C11H11BrF3N/c12-9-3-1-2-8(11(13,14)15)7(9)6-10(16)4-5-10/h1-3H,4-6,16H2. The first-order valence-corrected chi connectivity index (χ1v) is 5.75. The summed E-state index contributed by atoms with van der Waals surface area (Å²) in [5, 5.41) is 0. The van der Waals surface area contributed by atoms with Gasteiger partial charge in [-0.1, -0.05) is 22.0 Å². The third kappa shape index (κ3) is 2.40. The fourth-order valence-corrected chi connectivity index (χ4v) is 2.20. The van der Waals surface area contributed by atoms with Crippen molar-refractivity contribution in [3.05, 3.63) is 33.8 Å². The maximum absolute atomic E-state index is 12.8. The van der Waals surface area contributed by atoms with Crippen LogP contribution in [0.25, 0.3) is 0 Å². The van der Waals surface area contributed by atoms with Gasteiger partial charge in [0, 0.05) is 10.0 Å². The van der Waals surface area contributed by atoms with Crippen molar-refractivity contribution in [3.8, 4) is 0 Å². The Bertz CT molecular complexity index is 410. The van der Waals surface area contributed by atoms with Crippen molar-refractivity contribution in [2.45, 2.75) is 31.0 Å². The number of benzene rings is 1. The van der Waals surface area contributed by atoms with Crippen LogP contribution in [0.15, 0.2) is 22.7 Å². The summed E-state index contributed by atoms with van der Waals surface area (Å²) < 4.78 is 38.8. The first-order chi connectivity index (χ1) is 7.32. The van der Waals surface area contributed by atoms with Crippen LogP contribution in [0.1, 0.15) is 24.0 Å². The molecule has 0 amide bonds. The van der Waals surface area contributed by atoms with Gasteiger partial charge in [0.05, 0.1) is 5.56 Å². The predicted molar refractivity (Wildman–Crippen MR) is 59.0 cm³/mol. The molecule has 16 heavy (non-hydrogen) atoms. The molecule has 1 nitrogen and oxygen atoms in total. The van der Waals surface area contributed by atoms with Crippen molar-refractivity contribution in [3.63, 3.8) is 0 Å². The summed E-state index contributed by atoms with van der Waals surface area (Å²) in [6.45, 7) is 0. The Hall–Kier alpha value is -0.550. The molecule has 0 radical (unpaired) electrons. The summed E-state index contributed by atoms with van der Waals surface area (Å²) in [6.07, 6.45) is -2.44. The maximum atomic E-state index is 12.8. The van der Waals surface area contributed by atoms with Crippen LogP contribution in [0.3, 0.4) is 0 Å². The third-order valence-electron chi connectivity index (χ3n) is 2.85. The van der Waals surface area contributed by atoms with E-state index in [1.54, 1.807) is 6.07 Å². The number of alkyl halides is 3. The monoisotopic (exact) mass is 293 g/mol. The Kier molecular flexibility index (Phi) is 2.78. The Morgan fingerprint density at radius 1 is 1.31 bits per heavy atom. The second-order valence-electron chi connectivity index (χ2n) is 4.30. The van der Waals surface area contributed by atoms with Crippen LogP contribution >= 0.6 is 15.9 Å². The summed E-state index contributed by atoms with van der Waals surface area (Å²) in [6, 6.07) is 4.12. The lowest BCUT2D eigenvalue weighted by Gasteiger charge is -2.17. The smallest absolute Gasteiger partial charge is 0.325 e. The third-order valence-corrected chi connectivity index (χ3v) is 3.59. The Morgan fingerprint density at radius 2 is 1.94 bits per heavy atom. The zero-order valence-electron chi connectivity index (χ0n) is 8.44. The molecule has 1 aromatic rings. The molecule has 1 aliphatic carbocycles. The molecule has 1 aromatic carbocycles. The number of hydrogen-bond donors (Lipinski definition) is 1. The van der Waals surface area contributed by atoms with Crippen LogP contribution in [0.5, 0.6) is 0 Å². The molecule has 2 rings (SSSR count). The van der Waals surface area contributed by atoms with Gasteiger partial charge in [0.15, 0.2) is 0 Å². The lowest BCUT2D eigenvalue weighted by atomic mass is 9.99. The first kappa shape index (κ1) is 11.9. The van der Waals surface area contributed by atoms with E-state index in [0.717, 1.165) is 18.9 Å². The van der Waals surface area contributed by atoms with Crippen LogP contribution in [-0.4, -0.2) is 5.54 Å². The molecule has 5 heteroatoms. The van der Waals surface area contributed by atoms with Crippen LogP contribution in [0, 0.1) is 0 Å². The molecule has 88 valence electrons. The van der Waals surface area contributed by atoms with Crippen molar-refractivity contribution >= 4 is 15.9 Å². The van der Waals surface area contributed by atoms with E-state index in [9.17, 15) is 13.2 Å². The molecule has 1 saturated carbocycles. The van der Waals surface area contributed by atoms with Crippen molar-refractivity contribution in [2.75, 3.05) is 0 Å². The molecule has 2 N–H and O–H groups in total. The molecule has 0 heterocycles. The van der Waals surface area contributed by atoms with Gasteiger partial charge in [0.25, 0.3) is 0 Å². The molecule has 0 spiro atoms. The molecule has 0 aliphatic heterocycles. The fourth-order valence-electron chi connectivity index (χ4n) is 1.69. The number of halogens is 4. The van der Waals surface area contributed by atoms with Gasteiger partial charge in [0.1, 0.15) is 0 Å². The normalized spacial score (nSPS) is 18.6. The molecule has 0 saturated heterocycles. The topological polar surface area (TPSA) is 26.0 Å². The lowest BCUT2D eigenvalue weighted by Crippen LogP contribution is -2.26. The Labute approximate surface area is 100.0 Å². The van der Waals surface area contributed by atoms with Crippen molar-refractivity contribution in [1.29, 1.82) is 0 Å². The molecular weight excluding hydrogens is 283 g/mol. The van der Waals surface area contributed by atoms with Gasteiger partial charge in [-0.25, -0.2) is 0 Å². The van der Waals surface area contributed by atoms with Gasteiger partial charge in [0.2, 0.25) is 0 Å². The molecular formula is C11H11BrF3N.